The number of benzene rings is 6. The molecule has 3 heterocycles. The first-order valence-corrected chi connectivity index (χ1v) is 13.7. The van der Waals surface area contributed by atoms with Gasteiger partial charge in [-0.25, -0.2) is 0 Å². The molecule has 0 fully saturated rings. The molecule has 9 rings (SSSR count). The zero-order chi connectivity index (χ0) is 31.3. The SMILES string of the molecule is [2H]c1c([2H])c([2H])c(-c2cc3c4c(c2)-c2c(oc5ccccc25)B4c2ccc(N(c4ccccc4)c4ccccc4)cc2-3)c([2H])c1[2H]. The number of hydrogen-bond donors (Lipinski definition) is 0. The molecular weight excluding hydrogens is 497 g/mol. The van der Waals surface area contributed by atoms with E-state index in [0.717, 1.165) is 66.9 Å². The van der Waals surface area contributed by atoms with Gasteiger partial charge in [0.05, 0.1) is 12.5 Å². The average Bonchev–Trinajstić information content (AvgIpc) is 3.73. The summed E-state index contributed by atoms with van der Waals surface area (Å²) in [6.07, 6.45) is 0. The van der Waals surface area contributed by atoms with Crippen LogP contribution in [0, 0.1) is 0 Å². The van der Waals surface area contributed by atoms with Crippen molar-refractivity contribution in [2.24, 2.45) is 0 Å². The van der Waals surface area contributed by atoms with Crippen LogP contribution in [-0.2, 0) is 0 Å². The lowest BCUT2D eigenvalue weighted by Gasteiger charge is -2.26. The zero-order valence-electron chi connectivity index (χ0n) is 26.9. The zero-order valence-corrected chi connectivity index (χ0v) is 21.9. The maximum atomic E-state index is 8.78. The minimum atomic E-state index is -0.399. The van der Waals surface area contributed by atoms with E-state index in [1.165, 1.54) is 0 Å². The Kier molecular flexibility index (Phi) is 3.81. The molecule has 0 saturated carbocycles. The second kappa shape index (κ2) is 8.61. The van der Waals surface area contributed by atoms with Gasteiger partial charge in [0.2, 0.25) is 0 Å². The lowest BCUT2D eigenvalue weighted by Crippen LogP contribution is -2.45. The Morgan fingerprint density at radius 3 is 2.02 bits per heavy atom. The molecule has 0 atom stereocenters. The minimum absolute atomic E-state index is 0.104. The average molecular weight is 526 g/mol. The highest BCUT2D eigenvalue weighted by Gasteiger charge is 2.46. The van der Waals surface area contributed by atoms with Gasteiger partial charge in [-0.1, -0.05) is 96.3 Å². The van der Waals surface area contributed by atoms with Crippen LogP contribution in [-0.4, -0.2) is 6.71 Å². The molecule has 6 aromatic carbocycles. The van der Waals surface area contributed by atoms with E-state index in [0.29, 0.717) is 5.56 Å². The summed E-state index contributed by atoms with van der Waals surface area (Å²) in [6, 6.07) is 37.5. The van der Waals surface area contributed by atoms with Gasteiger partial charge < -0.3 is 9.32 Å². The number of hydrogen-bond acceptors (Lipinski definition) is 2. The molecule has 2 nitrogen and oxygen atoms in total. The Hall–Kier alpha value is -5.28. The number of anilines is 3. The Labute approximate surface area is 246 Å². The van der Waals surface area contributed by atoms with Crippen molar-refractivity contribution >= 4 is 51.3 Å². The topological polar surface area (TPSA) is 16.4 Å². The fourth-order valence-electron chi connectivity index (χ4n) is 6.68. The summed E-state index contributed by atoms with van der Waals surface area (Å²) in [5.74, 6) is 0. The smallest absolute Gasteiger partial charge is 0.290 e. The Bertz CT molecular complexity index is 2320. The number of rotatable bonds is 4. The van der Waals surface area contributed by atoms with Crippen LogP contribution < -0.4 is 21.5 Å². The van der Waals surface area contributed by atoms with Crippen LogP contribution in [0.5, 0.6) is 0 Å². The van der Waals surface area contributed by atoms with Gasteiger partial charge >= 0.3 is 0 Å². The van der Waals surface area contributed by atoms with Gasteiger partial charge in [0.25, 0.3) is 6.71 Å². The lowest BCUT2D eigenvalue weighted by atomic mass is 9.43. The third-order valence-electron chi connectivity index (χ3n) is 8.34. The van der Waals surface area contributed by atoms with Gasteiger partial charge in [0.1, 0.15) is 5.58 Å². The van der Waals surface area contributed by atoms with E-state index in [2.05, 4.69) is 53.4 Å². The van der Waals surface area contributed by atoms with E-state index in [1.54, 1.807) is 0 Å². The molecule has 2 aliphatic heterocycles. The Balaban J connectivity index is 1.33. The number of nitrogens with zero attached hydrogens (tertiary/aromatic N) is 1. The van der Waals surface area contributed by atoms with Crippen molar-refractivity contribution in [1.82, 2.24) is 0 Å². The standard InChI is InChI=1S/C38H24BNO/c1-4-12-25(13-5-1)26-22-32-31-24-29(40(27-14-6-2-7-15-27)28-16-8-3-9-17-28)20-21-34(31)39-37(32)33(23-26)36-30-18-10-11-19-35(30)41-38(36)39/h1-24H/i1D,4D,5D,12D,13D. The van der Waals surface area contributed by atoms with E-state index in [4.69, 9.17) is 11.3 Å². The summed E-state index contributed by atoms with van der Waals surface area (Å²) in [5.41, 5.74) is 11.8. The maximum Gasteiger partial charge on any atom is 0.290 e. The van der Waals surface area contributed by atoms with Crippen LogP contribution in [0.25, 0.3) is 44.3 Å². The number of furan rings is 1. The summed E-state index contributed by atoms with van der Waals surface area (Å²) in [5, 5.41) is 1.00. The quantitative estimate of drug-likeness (QED) is 0.216. The van der Waals surface area contributed by atoms with Crippen LogP contribution in [0.4, 0.5) is 17.1 Å². The lowest BCUT2D eigenvalue weighted by molar-refractivity contribution is 0.653. The minimum Gasteiger partial charge on any atom is -0.470 e. The first-order valence-electron chi connectivity index (χ1n) is 16.2. The molecule has 0 bridgehead atoms. The van der Waals surface area contributed by atoms with E-state index in [9.17, 15) is 0 Å². The van der Waals surface area contributed by atoms with Crippen molar-refractivity contribution in [3.63, 3.8) is 0 Å². The monoisotopic (exact) mass is 526 g/mol. The van der Waals surface area contributed by atoms with E-state index in [1.807, 2.05) is 66.7 Å². The summed E-state index contributed by atoms with van der Waals surface area (Å²) >= 11 is 0. The van der Waals surface area contributed by atoms with Gasteiger partial charge in [0, 0.05) is 28.0 Å². The van der Waals surface area contributed by atoms with Crippen LogP contribution in [0.15, 0.2) is 150 Å². The van der Waals surface area contributed by atoms with Gasteiger partial charge in [-0.05, 0) is 87.9 Å². The maximum absolute atomic E-state index is 8.78. The van der Waals surface area contributed by atoms with Crippen LogP contribution in [0.2, 0.25) is 0 Å². The number of para-hydroxylation sites is 3. The molecule has 41 heavy (non-hydrogen) atoms. The van der Waals surface area contributed by atoms with Gasteiger partial charge in [0.15, 0.2) is 0 Å². The van der Waals surface area contributed by atoms with E-state index < -0.39 is 6.04 Å². The van der Waals surface area contributed by atoms with Crippen molar-refractivity contribution in [3.8, 4) is 33.4 Å². The highest BCUT2D eigenvalue weighted by Crippen LogP contribution is 2.43. The molecule has 190 valence electrons. The third-order valence-corrected chi connectivity index (χ3v) is 8.34. The van der Waals surface area contributed by atoms with E-state index >= 15 is 0 Å². The fraction of sp³-hybridized carbons (Fsp3) is 0. The van der Waals surface area contributed by atoms with Crippen LogP contribution in [0.3, 0.4) is 0 Å². The summed E-state index contributed by atoms with van der Waals surface area (Å²) in [6.45, 7) is -0.104. The number of fused-ring (bicyclic) bond motifs is 8. The molecule has 0 spiro atoms. The third kappa shape index (κ3) is 3.26. The van der Waals surface area contributed by atoms with Gasteiger partial charge in [-0.15, -0.1) is 0 Å². The fourth-order valence-corrected chi connectivity index (χ4v) is 6.68. The Morgan fingerprint density at radius 2 is 1.27 bits per heavy atom. The van der Waals surface area contributed by atoms with Crippen molar-refractivity contribution in [2.75, 3.05) is 4.90 Å². The predicted octanol–water partition coefficient (Wildman–Crippen LogP) is 8.05. The normalized spacial score (nSPS) is 14.0. The molecule has 0 radical (unpaired) electrons. The second-order valence-corrected chi connectivity index (χ2v) is 10.5. The molecule has 0 aliphatic carbocycles. The van der Waals surface area contributed by atoms with Crippen molar-refractivity contribution in [3.05, 3.63) is 145 Å². The highest BCUT2D eigenvalue weighted by atomic mass is 16.3. The summed E-state index contributed by atoms with van der Waals surface area (Å²) < 4.78 is 49.1. The Morgan fingerprint density at radius 1 is 0.585 bits per heavy atom. The van der Waals surface area contributed by atoms with Crippen LogP contribution in [0.1, 0.15) is 6.85 Å². The predicted molar refractivity (Wildman–Crippen MR) is 172 cm³/mol. The van der Waals surface area contributed by atoms with Gasteiger partial charge in [-0.3, -0.25) is 0 Å². The first kappa shape index (κ1) is 18.1. The molecule has 0 N–H and O–H groups in total. The van der Waals surface area contributed by atoms with Crippen molar-refractivity contribution in [2.45, 2.75) is 0 Å². The molecule has 2 aliphatic rings. The second-order valence-electron chi connectivity index (χ2n) is 10.5. The largest absolute Gasteiger partial charge is 0.470 e. The van der Waals surface area contributed by atoms with Gasteiger partial charge in [-0.2, -0.15) is 0 Å². The van der Waals surface area contributed by atoms with Crippen molar-refractivity contribution < 1.29 is 11.3 Å². The van der Waals surface area contributed by atoms with Crippen molar-refractivity contribution in [1.29, 1.82) is 0 Å². The van der Waals surface area contributed by atoms with Crippen LogP contribution >= 0.6 is 0 Å². The molecule has 0 unspecified atom stereocenters. The molecule has 0 saturated heterocycles. The first-order chi connectivity index (χ1) is 22.4. The molecule has 0 amide bonds. The molecular formula is C38H24BNO. The van der Waals surface area contributed by atoms with E-state index in [-0.39, 0.29) is 36.4 Å². The molecule has 7 aromatic rings. The molecule has 1 aromatic heterocycles. The highest BCUT2D eigenvalue weighted by molar-refractivity contribution is 7.02. The summed E-state index contributed by atoms with van der Waals surface area (Å²) in [4.78, 5) is 2.23. The summed E-state index contributed by atoms with van der Waals surface area (Å²) in [7, 11) is 0. The molecule has 3 heteroatoms.